The fourth-order valence-corrected chi connectivity index (χ4v) is 1.81. The summed E-state index contributed by atoms with van der Waals surface area (Å²) < 4.78 is 41.1. The van der Waals surface area contributed by atoms with E-state index in [1.807, 2.05) is 32.0 Å². The van der Waals surface area contributed by atoms with E-state index in [0.717, 1.165) is 11.1 Å². The molecule has 1 aromatic carbocycles. The lowest BCUT2D eigenvalue weighted by Crippen LogP contribution is -2.41. The highest BCUT2D eigenvalue weighted by Gasteiger charge is 2.27. The third-order valence-electron chi connectivity index (χ3n) is 2.73. The molecule has 0 fully saturated rings. The van der Waals surface area contributed by atoms with Crippen molar-refractivity contribution < 1.29 is 27.5 Å². The minimum absolute atomic E-state index is 0.000456. The monoisotopic (exact) mass is 332 g/mol. The maximum absolute atomic E-state index is 11.9. The maximum atomic E-state index is 11.9. The summed E-state index contributed by atoms with van der Waals surface area (Å²) in [7, 11) is 0. The van der Waals surface area contributed by atoms with Crippen molar-refractivity contribution in [2.45, 2.75) is 26.4 Å². The molecule has 0 saturated heterocycles. The second kappa shape index (κ2) is 8.40. The van der Waals surface area contributed by atoms with Gasteiger partial charge in [-0.25, -0.2) is 0 Å². The fraction of sp³-hybridized carbons (Fsp3) is 0.467. The lowest BCUT2D eigenvalue weighted by molar-refractivity contribution is -0.138. The van der Waals surface area contributed by atoms with E-state index in [4.69, 9.17) is 4.74 Å². The Hall–Kier alpha value is -2.25. The lowest BCUT2D eigenvalue weighted by atomic mass is 10.1. The minimum Gasteiger partial charge on any atom is -0.493 e. The molecular weight excluding hydrogens is 313 g/mol. The summed E-state index contributed by atoms with van der Waals surface area (Å²) in [4.78, 5) is 22.6. The van der Waals surface area contributed by atoms with Crippen LogP contribution in [0.5, 0.6) is 5.75 Å². The van der Waals surface area contributed by atoms with Gasteiger partial charge in [-0.3, -0.25) is 9.59 Å². The van der Waals surface area contributed by atoms with E-state index in [1.165, 1.54) is 0 Å². The maximum Gasteiger partial charge on any atom is 0.405 e. The Kier molecular flexibility index (Phi) is 6.87. The van der Waals surface area contributed by atoms with Gasteiger partial charge in [-0.05, 0) is 37.1 Å². The summed E-state index contributed by atoms with van der Waals surface area (Å²) >= 11 is 0. The molecular formula is C15H19F3N2O3. The van der Waals surface area contributed by atoms with Gasteiger partial charge in [-0.15, -0.1) is 0 Å². The zero-order chi connectivity index (χ0) is 17.5. The number of carbonyl (C=O) groups excluding carboxylic acids is 2. The van der Waals surface area contributed by atoms with Gasteiger partial charge in [0.05, 0.1) is 19.6 Å². The first-order chi connectivity index (χ1) is 10.7. The second-order valence-electron chi connectivity index (χ2n) is 5.09. The van der Waals surface area contributed by atoms with E-state index in [-0.39, 0.29) is 13.0 Å². The van der Waals surface area contributed by atoms with Crippen LogP contribution in [-0.4, -0.2) is 37.7 Å². The SMILES string of the molecule is Cc1cc(C)cc(OCCC(=O)NCC(=O)NCC(F)(F)F)c1. The fourth-order valence-electron chi connectivity index (χ4n) is 1.81. The van der Waals surface area contributed by atoms with Crippen LogP contribution >= 0.6 is 0 Å². The minimum atomic E-state index is -4.47. The van der Waals surface area contributed by atoms with Crippen LogP contribution in [0.15, 0.2) is 18.2 Å². The molecule has 0 spiro atoms. The number of halogens is 3. The number of rotatable bonds is 7. The Balaban J connectivity index is 2.23. The van der Waals surface area contributed by atoms with E-state index >= 15 is 0 Å². The zero-order valence-corrected chi connectivity index (χ0v) is 12.9. The molecule has 0 aliphatic heterocycles. The van der Waals surface area contributed by atoms with Crippen LogP contribution in [0.3, 0.4) is 0 Å². The molecule has 2 N–H and O–H groups in total. The molecule has 0 aromatic heterocycles. The van der Waals surface area contributed by atoms with Crippen molar-refractivity contribution in [2.75, 3.05) is 19.7 Å². The highest BCUT2D eigenvalue weighted by atomic mass is 19.4. The predicted octanol–water partition coefficient (Wildman–Crippen LogP) is 1.87. The van der Waals surface area contributed by atoms with Crippen molar-refractivity contribution in [3.63, 3.8) is 0 Å². The quantitative estimate of drug-likeness (QED) is 0.801. The van der Waals surface area contributed by atoms with E-state index < -0.39 is 31.1 Å². The van der Waals surface area contributed by atoms with Crippen molar-refractivity contribution in [3.05, 3.63) is 29.3 Å². The standard InChI is InChI=1S/C15H19F3N2O3/c1-10-5-11(2)7-12(6-10)23-4-3-13(21)19-8-14(22)20-9-15(16,17)18/h5-7H,3-4,8-9H2,1-2H3,(H,19,21)(H,20,22). The van der Waals surface area contributed by atoms with Crippen LogP contribution < -0.4 is 15.4 Å². The van der Waals surface area contributed by atoms with Gasteiger partial charge in [0.2, 0.25) is 11.8 Å². The molecule has 0 unspecified atom stereocenters. The van der Waals surface area contributed by atoms with Gasteiger partial charge in [0, 0.05) is 0 Å². The Morgan fingerprint density at radius 3 is 2.22 bits per heavy atom. The normalized spacial score (nSPS) is 11.0. The van der Waals surface area contributed by atoms with Crippen molar-refractivity contribution in [1.82, 2.24) is 10.6 Å². The van der Waals surface area contributed by atoms with Crippen molar-refractivity contribution in [3.8, 4) is 5.75 Å². The largest absolute Gasteiger partial charge is 0.493 e. The molecule has 5 nitrogen and oxygen atoms in total. The number of nitrogens with one attached hydrogen (secondary N) is 2. The number of amides is 2. The average Bonchev–Trinajstić information content (AvgIpc) is 2.41. The number of alkyl halides is 3. The Labute approximate surface area is 132 Å². The molecule has 0 heterocycles. The second-order valence-corrected chi connectivity index (χ2v) is 5.09. The van der Waals surface area contributed by atoms with E-state index in [1.54, 1.807) is 5.32 Å². The van der Waals surface area contributed by atoms with Crippen molar-refractivity contribution >= 4 is 11.8 Å². The van der Waals surface area contributed by atoms with Gasteiger partial charge in [0.25, 0.3) is 0 Å². The zero-order valence-electron chi connectivity index (χ0n) is 12.9. The summed E-state index contributed by atoms with van der Waals surface area (Å²) in [6.45, 7) is 2.03. The summed E-state index contributed by atoms with van der Waals surface area (Å²) in [5.41, 5.74) is 2.07. The van der Waals surface area contributed by atoms with Crippen LogP contribution in [-0.2, 0) is 9.59 Å². The van der Waals surface area contributed by atoms with Gasteiger partial charge in [-0.1, -0.05) is 6.07 Å². The highest BCUT2D eigenvalue weighted by Crippen LogP contribution is 2.16. The molecule has 0 aliphatic carbocycles. The molecule has 8 heteroatoms. The number of aryl methyl sites for hydroxylation is 2. The van der Waals surface area contributed by atoms with E-state index in [2.05, 4.69) is 5.32 Å². The number of carbonyl (C=O) groups is 2. The first-order valence-corrected chi connectivity index (χ1v) is 6.97. The summed E-state index contributed by atoms with van der Waals surface area (Å²) in [6.07, 6.45) is -4.47. The van der Waals surface area contributed by atoms with Crippen molar-refractivity contribution in [2.24, 2.45) is 0 Å². The van der Waals surface area contributed by atoms with Gasteiger partial charge >= 0.3 is 6.18 Å². The molecule has 23 heavy (non-hydrogen) atoms. The molecule has 0 aliphatic rings. The first kappa shape index (κ1) is 18.8. The predicted molar refractivity (Wildman–Crippen MR) is 78.1 cm³/mol. The number of ether oxygens (including phenoxy) is 1. The lowest BCUT2D eigenvalue weighted by Gasteiger charge is -2.10. The first-order valence-electron chi connectivity index (χ1n) is 6.97. The summed E-state index contributed by atoms with van der Waals surface area (Å²) in [5.74, 6) is -0.736. The van der Waals surface area contributed by atoms with Gasteiger partial charge in [-0.2, -0.15) is 13.2 Å². The molecule has 2 amide bonds. The average molecular weight is 332 g/mol. The molecule has 0 atom stereocenters. The number of hydrogen-bond acceptors (Lipinski definition) is 3. The molecule has 128 valence electrons. The third-order valence-corrected chi connectivity index (χ3v) is 2.73. The van der Waals surface area contributed by atoms with Crippen LogP contribution in [0.25, 0.3) is 0 Å². The van der Waals surface area contributed by atoms with Crippen LogP contribution in [0.2, 0.25) is 0 Å². The summed E-state index contributed by atoms with van der Waals surface area (Å²) in [6, 6.07) is 5.64. The number of benzene rings is 1. The van der Waals surface area contributed by atoms with Crippen LogP contribution in [0.1, 0.15) is 17.5 Å². The topological polar surface area (TPSA) is 67.4 Å². The van der Waals surface area contributed by atoms with Gasteiger partial charge in [0.15, 0.2) is 0 Å². The molecule has 1 rings (SSSR count). The van der Waals surface area contributed by atoms with Gasteiger partial charge < -0.3 is 15.4 Å². The summed E-state index contributed by atoms with van der Waals surface area (Å²) in [5, 5.41) is 3.89. The van der Waals surface area contributed by atoms with Gasteiger partial charge in [0.1, 0.15) is 12.3 Å². The molecule has 0 radical (unpaired) electrons. The number of hydrogen-bond donors (Lipinski definition) is 2. The Bertz CT molecular complexity index is 539. The Morgan fingerprint density at radius 2 is 1.65 bits per heavy atom. The Morgan fingerprint density at radius 1 is 1.04 bits per heavy atom. The third kappa shape index (κ3) is 8.70. The van der Waals surface area contributed by atoms with Crippen molar-refractivity contribution in [1.29, 1.82) is 0 Å². The van der Waals surface area contributed by atoms with Crippen LogP contribution in [0, 0.1) is 13.8 Å². The highest BCUT2D eigenvalue weighted by molar-refractivity contribution is 5.84. The smallest absolute Gasteiger partial charge is 0.405 e. The molecule has 0 saturated carbocycles. The van der Waals surface area contributed by atoms with E-state index in [9.17, 15) is 22.8 Å². The van der Waals surface area contributed by atoms with E-state index in [0.29, 0.717) is 5.75 Å². The molecule has 0 bridgehead atoms. The van der Waals surface area contributed by atoms with Crippen LogP contribution in [0.4, 0.5) is 13.2 Å². The molecule has 1 aromatic rings.